The van der Waals surface area contributed by atoms with Crippen molar-refractivity contribution < 1.29 is 18.7 Å². The van der Waals surface area contributed by atoms with Crippen LogP contribution in [-0.4, -0.2) is 22.5 Å². The average Bonchev–Trinajstić information content (AvgIpc) is 2.45. The molecule has 1 heterocycles. The van der Waals surface area contributed by atoms with Crippen LogP contribution in [0.25, 0.3) is 0 Å². The van der Waals surface area contributed by atoms with Gasteiger partial charge in [0.1, 0.15) is 17.7 Å². The fourth-order valence-corrected chi connectivity index (χ4v) is 1.98. The Balaban J connectivity index is 2.06. The maximum atomic E-state index is 13.5. The first kappa shape index (κ1) is 15.3. The Morgan fingerprint density at radius 2 is 2.00 bits per heavy atom. The van der Waals surface area contributed by atoms with Crippen molar-refractivity contribution in [2.45, 2.75) is 6.10 Å². The summed E-state index contributed by atoms with van der Waals surface area (Å²) >= 11 is 5.80. The molecule has 110 valence electrons. The second kappa shape index (κ2) is 6.60. The van der Waals surface area contributed by atoms with E-state index in [1.807, 2.05) is 0 Å². The Morgan fingerprint density at radius 1 is 1.33 bits per heavy atom. The molecular weight excluding hydrogens is 302 g/mol. The predicted octanol–water partition coefficient (Wildman–Crippen LogP) is 2.48. The lowest BCUT2D eigenvalue weighted by Crippen LogP contribution is -2.29. The average molecular weight is 313 g/mol. The van der Waals surface area contributed by atoms with Gasteiger partial charge < -0.3 is 10.4 Å². The Labute approximate surface area is 124 Å². The quantitative estimate of drug-likeness (QED) is 0.911. The summed E-state index contributed by atoms with van der Waals surface area (Å²) in [5.41, 5.74) is -0.327. The summed E-state index contributed by atoms with van der Waals surface area (Å²) in [5, 5.41) is 12.3. The predicted molar refractivity (Wildman–Crippen MR) is 72.9 cm³/mol. The number of halogens is 3. The third-order valence-electron chi connectivity index (χ3n) is 2.81. The number of hydrogen-bond acceptors (Lipinski definition) is 3. The van der Waals surface area contributed by atoms with Gasteiger partial charge in [0.2, 0.25) is 0 Å². The van der Waals surface area contributed by atoms with Gasteiger partial charge in [-0.15, -0.1) is 0 Å². The molecule has 21 heavy (non-hydrogen) atoms. The van der Waals surface area contributed by atoms with E-state index >= 15 is 0 Å². The fraction of sp³-hybridized carbons (Fsp3) is 0.143. The molecule has 7 heteroatoms. The lowest BCUT2D eigenvalue weighted by Gasteiger charge is -2.14. The molecule has 1 unspecified atom stereocenters. The van der Waals surface area contributed by atoms with Crippen LogP contribution in [0.1, 0.15) is 22.0 Å². The largest absolute Gasteiger partial charge is 0.386 e. The highest BCUT2D eigenvalue weighted by molar-refractivity contribution is 6.33. The van der Waals surface area contributed by atoms with E-state index in [1.165, 1.54) is 24.5 Å². The standard InChI is InChI=1S/C14H11ClF2N2O2/c15-9-6-18-5-4-8(9)14(21)19-7-12(20)13-10(16)2-1-3-11(13)17/h1-6,12,20H,7H2,(H,19,21). The topological polar surface area (TPSA) is 62.2 Å². The number of benzene rings is 1. The fourth-order valence-electron chi connectivity index (χ4n) is 1.78. The number of aromatic nitrogens is 1. The first-order valence-corrected chi connectivity index (χ1v) is 6.38. The monoisotopic (exact) mass is 312 g/mol. The highest BCUT2D eigenvalue weighted by Crippen LogP contribution is 2.20. The normalized spacial score (nSPS) is 12.0. The molecule has 0 radical (unpaired) electrons. The van der Waals surface area contributed by atoms with Gasteiger partial charge >= 0.3 is 0 Å². The van der Waals surface area contributed by atoms with Crippen molar-refractivity contribution in [2.24, 2.45) is 0 Å². The number of hydrogen-bond donors (Lipinski definition) is 2. The van der Waals surface area contributed by atoms with E-state index in [-0.39, 0.29) is 17.1 Å². The molecule has 0 bridgehead atoms. The van der Waals surface area contributed by atoms with Gasteiger partial charge in [-0.3, -0.25) is 9.78 Å². The summed E-state index contributed by atoms with van der Waals surface area (Å²) in [6.07, 6.45) is 1.17. The van der Waals surface area contributed by atoms with Crippen molar-refractivity contribution >= 4 is 17.5 Å². The minimum atomic E-state index is -1.50. The molecule has 0 saturated heterocycles. The van der Waals surface area contributed by atoms with Crippen LogP contribution in [0.15, 0.2) is 36.7 Å². The number of nitrogens with zero attached hydrogens (tertiary/aromatic N) is 1. The van der Waals surface area contributed by atoms with Crippen LogP contribution in [0, 0.1) is 11.6 Å². The van der Waals surface area contributed by atoms with Crippen LogP contribution in [0.2, 0.25) is 5.02 Å². The Kier molecular flexibility index (Phi) is 4.82. The van der Waals surface area contributed by atoms with Crippen molar-refractivity contribution in [2.75, 3.05) is 6.54 Å². The highest BCUT2D eigenvalue weighted by Gasteiger charge is 2.19. The molecule has 1 aromatic carbocycles. The van der Waals surface area contributed by atoms with Crippen molar-refractivity contribution in [1.82, 2.24) is 10.3 Å². The van der Waals surface area contributed by atoms with Crippen LogP contribution < -0.4 is 5.32 Å². The first-order valence-electron chi connectivity index (χ1n) is 6.00. The number of carbonyl (C=O) groups is 1. The third kappa shape index (κ3) is 3.53. The maximum absolute atomic E-state index is 13.5. The number of aliphatic hydroxyl groups is 1. The maximum Gasteiger partial charge on any atom is 0.253 e. The van der Waals surface area contributed by atoms with E-state index < -0.39 is 29.2 Å². The molecule has 2 rings (SSSR count). The SMILES string of the molecule is O=C(NCC(O)c1c(F)cccc1F)c1ccncc1Cl. The molecule has 0 saturated carbocycles. The summed E-state index contributed by atoms with van der Waals surface area (Å²) in [4.78, 5) is 15.6. The van der Waals surface area contributed by atoms with Gasteiger partial charge in [-0.25, -0.2) is 8.78 Å². The zero-order chi connectivity index (χ0) is 15.4. The summed E-state index contributed by atoms with van der Waals surface area (Å²) in [6.45, 7) is -0.352. The first-order chi connectivity index (χ1) is 10.0. The minimum Gasteiger partial charge on any atom is -0.386 e. The van der Waals surface area contributed by atoms with E-state index in [2.05, 4.69) is 10.3 Å². The summed E-state index contributed by atoms with van der Waals surface area (Å²) in [7, 11) is 0. The van der Waals surface area contributed by atoms with E-state index in [4.69, 9.17) is 11.6 Å². The van der Waals surface area contributed by atoms with Crippen LogP contribution in [0.3, 0.4) is 0 Å². The molecule has 1 amide bonds. The van der Waals surface area contributed by atoms with Gasteiger partial charge in [0.05, 0.1) is 16.1 Å². The van der Waals surface area contributed by atoms with Crippen molar-refractivity contribution in [3.05, 3.63) is 64.4 Å². The minimum absolute atomic E-state index is 0.140. The molecule has 2 N–H and O–H groups in total. The zero-order valence-electron chi connectivity index (χ0n) is 10.7. The third-order valence-corrected chi connectivity index (χ3v) is 3.11. The number of aliphatic hydroxyl groups excluding tert-OH is 1. The molecular formula is C14H11ClF2N2O2. The Bertz CT molecular complexity index is 647. The second-order valence-electron chi connectivity index (χ2n) is 4.22. The lowest BCUT2D eigenvalue weighted by atomic mass is 10.1. The van der Waals surface area contributed by atoms with Gasteiger partial charge in [0, 0.05) is 18.9 Å². The zero-order valence-corrected chi connectivity index (χ0v) is 11.4. The van der Waals surface area contributed by atoms with E-state index in [0.717, 1.165) is 12.1 Å². The Hall–Kier alpha value is -2.05. The molecule has 1 aromatic heterocycles. The van der Waals surface area contributed by atoms with Gasteiger partial charge in [-0.2, -0.15) is 0 Å². The van der Waals surface area contributed by atoms with Crippen molar-refractivity contribution in [3.8, 4) is 0 Å². The summed E-state index contributed by atoms with van der Waals surface area (Å²) in [5.74, 6) is -2.32. The summed E-state index contributed by atoms with van der Waals surface area (Å²) in [6, 6.07) is 4.65. The van der Waals surface area contributed by atoms with Gasteiger partial charge in [-0.05, 0) is 18.2 Å². The van der Waals surface area contributed by atoms with Crippen molar-refractivity contribution in [3.63, 3.8) is 0 Å². The number of carbonyl (C=O) groups excluding carboxylic acids is 1. The molecule has 0 fully saturated rings. The number of amides is 1. The smallest absolute Gasteiger partial charge is 0.253 e. The molecule has 2 aromatic rings. The molecule has 1 atom stereocenters. The molecule has 0 aliphatic rings. The number of rotatable bonds is 4. The van der Waals surface area contributed by atoms with Crippen LogP contribution >= 0.6 is 11.6 Å². The van der Waals surface area contributed by atoms with Gasteiger partial charge in [0.25, 0.3) is 5.91 Å². The summed E-state index contributed by atoms with van der Waals surface area (Å²) < 4.78 is 26.9. The second-order valence-corrected chi connectivity index (χ2v) is 4.62. The highest BCUT2D eigenvalue weighted by atomic mass is 35.5. The Morgan fingerprint density at radius 3 is 2.62 bits per heavy atom. The number of pyridine rings is 1. The van der Waals surface area contributed by atoms with Crippen molar-refractivity contribution in [1.29, 1.82) is 0 Å². The lowest BCUT2D eigenvalue weighted by molar-refractivity contribution is 0.0911. The van der Waals surface area contributed by atoms with E-state index in [0.29, 0.717) is 0 Å². The van der Waals surface area contributed by atoms with Crippen LogP contribution in [-0.2, 0) is 0 Å². The van der Waals surface area contributed by atoms with Crippen LogP contribution in [0.4, 0.5) is 8.78 Å². The molecule has 4 nitrogen and oxygen atoms in total. The van der Waals surface area contributed by atoms with Gasteiger partial charge in [0.15, 0.2) is 0 Å². The molecule has 0 spiro atoms. The molecule has 0 aliphatic heterocycles. The van der Waals surface area contributed by atoms with Crippen LogP contribution in [0.5, 0.6) is 0 Å². The van der Waals surface area contributed by atoms with E-state index in [1.54, 1.807) is 0 Å². The van der Waals surface area contributed by atoms with E-state index in [9.17, 15) is 18.7 Å². The molecule has 0 aliphatic carbocycles. The number of nitrogens with one attached hydrogen (secondary N) is 1. The van der Waals surface area contributed by atoms with Gasteiger partial charge in [-0.1, -0.05) is 17.7 Å².